The molecule has 0 N–H and O–H groups in total. The van der Waals surface area contributed by atoms with E-state index in [1.165, 1.54) is 0 Å². The van der Waals surface area contributed by atoms with Crippen molar-refractivity contribution in [3.05, 3.63) is 95.6 Å². The average molecular weight is 401 g/mol. The maximum atomic E-state index is 12.8. The molecule has 0 saturated carbocycles. The van der Waals surface area contributed by atoms with Crippen molar-refractivity contribution < 1.29 is 19.1 Å². The van der Waals surface area contributed by atoms with Crippen LogP contribution in [0.5, 0.6) is 5.75 Å². The zero-order valence-corrected chi connectivity index (χ0v) is 16.8. The summed E-state index contributed by atoms with van der Waals surface area (Å²) in [5, 5.41) is 0. The van der Waals surface area contributed by atoms with E-state index in [1.54, 1.807) is 36.1 Å². The van der Waals surface area contributed by atoms with Crippen LogP contribution in [0.2, 0.25) is 0 Å². The van der Waals surface area contributed by atoms with E-state index in [2.05, 4.69) is 0 Å². The van der Waals surface area contributed by atoms with Gasteiger partial charge in [0.2, 0.25) is 0 Å². The molecule has 1 amide bonds. The third-order valence-electron chi connectivity index (χ3n) is 5.12. The molecule has 1 atom stereocenters. The van der Waals surface area contributed by atoms with E-state index in [0.29, 0.717) is 24.5 Å². The van der Waals surface area contributed by atoms with Crippen molar-refractivity contribution in [1.82, 2.24) is 0 Å². The number of rotatable bonds is 6. The largest absolute Gasteiger partial charge is 0.489 e. The van der Waals surface area contributed by atoms with E-state index in [4.69, 9.17) is 9.47 Å². The highest BCUT2D eigenvalue weighted by molar-refractivity contribution is 6.00. The zero-order valence-electron chi connectivity index (χ0n) is 16.8. The number of hydrogen-bond acceptors (Lipinski definition) is 4. The van der Waals surface area contributed by atoms with Crippen LogP contribution in [0.15, 0.2) is 78.9 Å². The molecule has 152 valence electrons. The Kier molecular flexibility index (Phi) is 5.80. The van der Waals surface area contributed by atoms with Gasteiger partial charge in [-0.25, -0.2) is 4.79 Å². The molecule has 0 aromatic heterocycles. The highest BCUT2D eigenvalue weighted by atomic mass is 16.5. The number of carbonyl (C=O) groups is 2. The number of ether oxygens (including phenoxy) is 2. The first-order valence-corrected chi connectivity index (χ1v) is 9.99. The molecule has 0 spiro atoms. The number of amides is 1. The first-order valence-electron chi connectivity index (χ1n) is 9.99. The topological polar surface area (TPSA) is 55.8 Å². The van der Waals surface area contributed by atoms with Crippen LogP contribution in [-0.4, -0.2) is 24.5 Å². The fourth-order valence-electron chi connectivity index (χ4n) is 3.49. The Bertz CT molecular complexity index is 1030. The maximum absolute atomic E-state index is 12.8. The van der Waals surface area contributed by atoms with Crippen molar-refractivity contribution in [2.24, 2.45) is 0 Å². The second-order valence-corrected chi connectivity index (χ2v) is 7.21. The van der Waals surface area contributed by atoms with E-state index >= 15 is 0 Å². The number of anilines is 1. The molecule has 0 unspecified atom stereocenters. The molecule has 0 saturated heterocycles. The Hall–Kier alpha value is -3.60. The van der Waals surface area contributed by atoms with Gasteiger partial charge in [0, 0.05) is 12.2 Å². The van der Waals surface area contributed by atoms with E-state index < -0.39 is 12.1 Å². The standard InChI is InChI=1S/C25H23NO4/c1-18(24(27)26-16-15-20-9-5-6-10-23(20)26)30-25(28)21-11-13-22(14-12-21)29-17-19-7-3-2-4-8-19/h2-14,18H,15-17H2,1H3/t18-/m1/s1. The smallest absolute Gasteiger partial charge is 0.338 e. The van der Waals surface area contributed by atoms with Gasteiger partial charge in [0.15, 0.2) is 6.10 Å². The molecular weight excluding hydrogens is 378 g/mol. The van der Waals surface area contributed by atoms with E-state index in [1.807, 2.05) is 54.6 Å². The lowest BCUT2D eigenvalue weighted by molar-refractivity contribution is -0.126. The minimum Gasteiger partial charge on any atom is -0.489 e. The van der Waals surface area contributed by atoms with Gasteiger partial charge in [-0.05, 0) is 54.8 Å². The number of fused-ring (bicyclic) bond motifs is 1. The number of carbonyl (C=O) groups excluding carboxylic acids is 2. The molecule has 0 radical (unpaired) electrons. The molecule has 4 rings (SSSR count). The van der Waals surface area contributed by atoms with Gasteiger partial charge in [-0.15, -0.1) is 0 Å². The normalized spacial score (nSPS) is 13.4. The molecule has 1 heterocycles. The number of nitrogens with zero attached hydrogens (tertiary/aromatic N) is 1. The van der Waals surface area contributed by atoms with Crippen molar-refractivity contribution in [2.45, 2.75) is 26.1 Å². The predicted octanol–water partition coefficient (Wildman–Crippen LogP) is 4.40. The van der Waals surface area contributed by atoms with Gasteiger partial charge in [-0.1, -0.05) is 48.5 Å². The molecule has 30 heavy (non-hydrogen) atoms. The minimum absolute atomic E-state index is 0.212. The molecule has 3 aromatic rings. The summed E-state index contributed by atoms with van der Waals surface area (Å²) in [5.74, 6) is -0.0812. The third kappa shape index (κ3) is 4.35. The third-order valence-corrected chi connectivity index (χ3v) is 5.12. The van der Waals surface area contributed by atoms with Gasteiger partial charge < -0.3 is 14.4 Å². The van der Waals surface area contributed by atoms with Gasteiger partial charge in [0.05, 0.1) is 5.56 Å². The Morgan fingerprint density at radius 3 is 2.40 bits per heavy atom. The molecule has 5 nitrogen and oxygen atoms in total. The van der Waals surface area contributed by atoms with Gasteiger partial charge in [-0.3, -0.25) is 4.79 Å². The lowest BCUT2D eigenvalue weighted by atomic mass is 10.2. The van der Waals surface area contributed by atoms with Crippen molar-refractivity contribution in [3.8, 4) is 5.75 Å². The fraction of sp³-hybridized carbons (Fsp3) is 0.200. The van der Waals surface area contributed by atoms with Gasteiger partial charge in [0.25, 0.3) is 5.91 Å². The van der Waals surface area contributed by atoms with Gasteiger partial charge in [0.1, 0.15) is 12.4 Å². The van der Waals surface area contributed by atoms with Crippen LogP contribution in [0.4, 0.5) is 5.69 Å². The van der Waals surface area contributed by atoms with Crippen molar-refractivity contribution in [2.75, 3.05) is 11.4 Å². The van der Waals surface area contributed by atoms with E-state index in [9.17, 15) is 9.59 Å². The zero-order chi connectivity index (χ0) is 20.9. The summed E-state index contributed by atoms with van der Waals surface area (Å²) in [5.41, 5.74) is 3.47. The molecule has 0 aliphatic carbocycles. The lowest BCUT2D eigenvalue weighted by Crippen LogP contribution is -2.39. The molecule has 1 aliphatic heterocycles. The van der Waals surface area contributed by atoms with Crippen LogP contribution in [-0.2, 0) is 22.6 Å². The molecule has 3 aromatic carbocycles. The second kappa shape index (κ2) is 8.82. The van der Waals surface area contributed by atoms with E-state index in [0.717, 1.165) is 23.2 Å². The van der Waals surface area contributed by atoms with Crippen LogP contribution < -0.4 is 9.64 Å². The Morgan fingerprint density at radius 2 is 1.63 bits per heavy atom. The number of esters is 1. The molecule has 1 aliphatic rings. The van der Waals surface area contributed by atoms with Gasteiger partial charge >= 0.3 is 5.97 Å². The van der Waals surface area contributed by atoms with Crippen LogP contribution in [0.1, 0.15) is 28.4 Å². The number of para-hydroxylation sites is 1. The fourth-order valence-corrected chi connectivity index (χ4v) is 3.49. The Balaban J connectivity index is 1.34. The molecule has 5 heteroatoms. The monoisotopic (exact) mass is 401 g/mol. The first-order chi connectivity index (χ1) is 14.6. The van der Waals surface area contributed by atoms with Crippen LogP contribution >= 0.6 is 0 Å². The van der Waals surface area contributed by atoms with Crippen LogP contribution in [0.25, 0.3) is 0 Å². The number of benzene rings is 3. The Morgan fingerprint density at radius 1 is 0.933 bits per heavy atom. The minimum atomic E-state index is -0.863. The van der Waals surface area contributed by atoms with Crippen molar-refractivity contribution >= 4 is 17.6 Å². The van der Waals surface area contributed by atoms with Crippen molar-refractivity contribution in [3.63, 3.8) is 0 Å². The predicted molar refractivity (Wildman–Crippen MR) is 115 cm³/mol. The maximum Gasteiger partial charge on any atom is 0.338 e. The number of hydrogen-bond donors (Lipinski definition) is 0. The summed E-state index contributed by atoms with van der Waals surface area (Å²) < 4.78 is 11.2. The summed E-state index contributed by atoms with van der Waals surface area (Å²) in [6, 6.07) is 24.4. The Labute approximate surface area is 175 Å². The SMILES string of the molecule is C[C@@H](OC(=O)c1ccc(OCc2ccccc2)cc1)C(=O)N1CCc2ccccc21. The highest BCUT2D eigenvalue weighted by Crippen LogP contribution is 2.28. The van der Waals surface area contributed by atoms with E-state index in [-0.39, 0.29) is 5.91 Å². The van der Waals surface area contributed by atoms with Gasteiger partial charge in [-0.2, -0.15) is 0 Å². The summed E-state index contributed by atoms with van der Waals surface area (Å²) in [6.07, 6.45) is -0.0508. The highest BCUT2D eigenvalue weighted by Gasteiger charge is 2.29. The molecular formula is C25H23NO4. The second-order valence-electron chi connectivity index (χ2n) is 7.21. The quantitative estimate of drug-likeness (QED) is 0.575. The summed E-state index contributed by atoms with van der Waals surface area (Å²) in [4.78, 5) is 26.9. The summed E-state index contributed by atoms with van der Waals surface area (Å²) in [6.45, 7) is 2.67. The van der Waals surface area contributed by atoms with Crippen LogP contribution in [0.3, 0.4) is 0 Å². The first kappa shape index (κ1) is 19.7. The summed E-state index contributed by atoms with van der Waals surface area (Å²) in [7, 11) is 0. The molecule has 0 bridgehead atoms. The van der Waals surface area contributed by atoms with Crippen molar-refractivity contribution in [1.29, 1.82) is 0 Å². The molecule has 0 fully saturated rings. The summed E-state index contributed by atoms with van der Waals surface area (Å²) >= 11 is 0. The van der Waals surface area contributed by atoms with Crippen LogP contribution in [0, 0.1) is 0 Å². The average Bonchev–Trinajstić information content (AvgIpc) is 3.22. The lowest BCUT2D eigenvalue weighted by Gasteiger charge is -2.21.